The van der Waals surface area contributed by atoms with E-state index in [1.165, 1.54) is 0 Å². The van der Waals surface area contributed by atoms with Gasteiger partial charge in [-0.15, -0.1) is 13.2 Å². The van der Waals surface area contributed by atoms with E-state index >= 15 is 0 Å². The lowest BCUT2D eigenvalue weighted by molar-refractivity contribution is -0.323. The summed E-state index contributed by atoms with van der Waals surface area (Å²) < 4.78 is 38.0. The fraction of sp³-hybridized carbons (Fsp3) is 1.00. The molecule has 0 spiro atoms. The van der Waals surface area contributed by atoms with Gasteiger partial charge in [0.1, 0.15) is 0 Å². The number of hydrogen-bond acceptors (Lipinski definition) is 3. The normalized spacial score (nSPS) is 14.4. The maximum Gasteiger partial charge on any atom is 0.522 e. The minimum absolute atomic E-state index is 0.0991. The predicted octanol–water partition coefficient (Wildman–Crippen LogP) is 1.13. The van der Waals surface area contributed by atoms with Crippen LogP contribution < -0.4 is 5.32 Å². The van der Waals surface area contributed by atoms with Crippen molar-refractivity contribution in [2.45, 2.75) is 19.7 Å². The Bertz CT molecular complexity index is 141. The Morgan fingerprint density at radius 2 is 2.07 bits per heavy atom. The van der Waals surface area contributed by atoms with Crippen LogP contribution in [0, 0.1) is 5.92 Å². The summed E-state index contributed by atoms with van der Waals surface area (Å²) in [6.07, 6.45) is -3.90. The molecule has 2 N–H and O–H groups in total. The zero-order chi connectivity index (χ0) is 11.0. The van der Waals surface area contributed by atoms with Gasteiger partial charge in [-0.25, -0.2) is 0 Å². The molecule has 0 saturated heterocycles. The number of alkyl halides is 3. The molecule has 0 aromatic carbocycles. The second-order valence-corrected chi connectivity index (χ2v) is 3.12. The highest BCUT2D eigenvalue weighted by Gasteiger charge is 2.28. The van der Waals surface area contributed by atoms with E-state index in [0.717, 1.165) is 0 Å². The number of nitrogens with one attached hydrogen (secondary N) is 1. The number of halogens is 3. The Balaban J connectivity index is 3.21. The Labute approximate surface area is 81.2 Å². The summed E-state index contributed by atoms with van der Waals surface area (Å²) in [5.74, 6) is 0.255. The zero-order valence-corrected chi connectivity index (χ0v) is 8.10. The number of aliphatic hydroxyl groups excluding tert-OH is 1. The summed E-state index contributed by atoms with van der Waals surface area (Å²) >= 11 is 0. The van der Waals surface area contributed by atoms with E-state index in [1.807, 2.05) is 6.92 Å². The summed E-state index contributed by atoms with van der Waals surface area (Å²) in [5, 5.41) is 11.4. The molecule has 0 saturated carbocycles. The molecular weight excluding hydrogens is 199 g/mol. The monoisotopic (exact) mass is 215 g/mol. The van der Waals surface area contributed by atoms with Crippen molar-refractivity contribution in [3.63, 3.8) is 0 Å². The summed E-state index contributed by atoms with van der Waals surface area (Å²) in [4.78, 5) is 0. The first kappa shape index (κ1) is 13.7. The molecule has 0 aliphatic heterocycles. The molecule has 6 heteroatoms. The van der Waals surface area contributed by atoms with Gasteiger partial charge in [-0.05, 0) is 18.9 Å². The molecule has 3 nitrogen and oxygen atoms in total. The van der Waals surface area contributed by atoms with E-state index in [-0.39, 0.29) is 25.7 Å². The van der Waals surface area contributed by atoms with Crippen LogP contribution >= 0.6 is 0 Å². The van der Waals surface area contributed by atoms with Gasteiger partial charge in [0, 0.05) is 13.2 Å². The van der Waals surface area contributed by atoms with E-state index in [2.05, 4.69) is 10.1 Å². The first-order valence-electron chi connectivity index (χ1n) is 4.48. The van der Waals surface area contributed by atoms with E-state index in [9.17, 15) is 13.2 Å². The average Bonchev–Trinajstić information content (AvgIpc) is 2.02. The number of ether oxygens (including phenoxy) is 1. The Morgan fingerprint density at radius 1 is 1.43 bits per heavy atom. The molecule has 1 unspecified atom stereocenters. The maximum atomic E-state index is 11.5. The highest BCUT2D eigenvalue weighted by Crippen LogP contribution is 2.15. The first-order valence-corrected chi connectivity index (χ1v) is 4.48. The molecule has 0 aromatic heterocycles. The molecule has 0 heterocycles. The van der Waals surface area contributed by atoms with Crippen molar-refractivity contribution in [1.82, 2.24) is 5.32 Å². The van der Waals surface area contributed by atoms with Crippen LogP contribution in [0.5, 0.6) is 0 Å². The van der Waals surface area contributed by atoms with Crippen LogP contribution in [-0.4, -0.2) is 37.8 Å². The smallest absolute Gasteiger partial charge is 0.396 e. The van der Waals surface area contributed by atoms with Crippen molar-refractivity contribution < 1.29 is 23.0 Å². The SMILES string of the molecule is CC(CCO)CNCCOC(F)(F)F. The third-order valence-corrected chi connectivity index (χ3v) is 1.66. The third-order valence-electron chi connectivity index (χ3n) is 1.66. The van der Waals surface area contributed by atoms with Gasteiger partial charge in [-0.3, -0.25) is 4.74 Å². The van der Waals surface area contributed by atoms with Crippen LogP contribution in [0.25, 0.3) is 0 Å². The molecular formula is C8H16F3NO2. The van der Waals surface area contributed by atoms with Crippen LogP contribution in [0.4, 0.5) is 13.2 Å². The minimum Gasteiger partial charge on any atom is -0.396 e. The molecule has 0 aromatic rings. The van der Waals surface area contributed by atoms with Gasteiger partial charge in [0.2, 0.25) is 0 Å². The zero-order valence-electron chi connectivity index (χ0n) is 8.10. The maximum absolute atomic E-state index is 11.5. The Hall–Kier alpha value is -0.330. The van der Waals surface area contributed by atoms with Gasteiger partial charge >= 0.3 is 6.36 Å². The molecule has 0 rings (SSSR count). The number of aliphatic hydroxyl groups is 1. The van der Waals surface area contributed by atoms with Gasteiger partial charge in [0.05, 0.1) is 6.61 Å². The molecule has 14 heavy (non-hydrogen) atoms. The molecule has 0 radical (unpaired) electrons. The highest BCUT2D eigenvalue weighted by molar-refractivity contribution is 4.55. The third kappa shape index (κ3) is 9.76. The molecule has 0 aliphatic carbocycles. The lowest BCUT2D eigenvalue weighted by Crippen LogP contribution is -2.28. The van der Waals surface area contributed by atoms with Gasteiger partial charge in [0.15, 0.2) is 0 Å². The molecule has 0 fully saturated rings. The molecule has 0 bridgehead atoms. The molecule has 0 aliphatic rings. The quantitative estimate of drug-likeness (QED) is 0.625. The summed E-state index contributed by atoms with van der Waals surface area (Å²) in [5.41, 5.74) is 0. The Morgan fingerprint density at radius 3 is 2.57 bits per heavy atom. The largest absolute Gasteiger partial charge is 0.522 e. The number of hydrogen-bond donors (Lipinski definition) is 2. The standard InChI is InChI=1S/C8H16F3NO2/c1-7(2-4-13)6-12-3-5-14-8(9,10)11/h7,12-13H,2-6H2,1H3. The van der Waals surface area contributed by atoms with Crippen LogP contribution in [0.2, 0.25) is 0 Å². The van der Waals surface area contributed by atoms with Crippen molar-refractivity contribution in [2.24, 2.45) is 5.92 Å². The van der Waals surface area contributed by atoms with Crippen molar-refractivity contribution >= 4 is 0 Å². The summed E-state index contributed by atoms with van der Waals surface area (Å²) in [7, 11) is 0. The highest BCUT2D eigenvalue weighted by atomic mass is 19.4. The fourth-order valence-electron chi connectivity index (χ4n) is 0.910. The van der Waals surface area contributed by atoms with E-state index in [1.54, 1.807) is 0 Å². The van der Waals surface area contributed by atoms with Crippen LogP contribution in [0.3, 0.4) is 0 Å². The van der Waals surface area contributed by atoms with E-state index in [0.29, 0.717) is 13.0 Å². The second-order valence-electron chi connectivity index (χ2n) is 3.12. The second kappa shape index (κ2) is 7.03. The van der Waals surface area contributed by atoms with Crippen LogP contribution in [-0.2, 0) is 4.74 Å². The minimum atomic E-state index is -4.54. The average molecular weight is 215 g/mol. The summed E-state index contributed by atoms with van der Waals surface area (Å²) in [6, 6.07) is 0. The van der Waals surface area contributed by atoms with Crippen molar-refractivity contribution in [3.8, 4) is 0 Å². The molecule has 0 amide bonds. The van der Waals surface area contributed by atoms with Gasteiger partial charge in [-0.1, -0.05) is 6.92 Å². The van der Waals surface area contributed by atoms with Crippen LogP contribution in [0.1, 0.15) is 13.3 Å². The molecule has 86 valence electrons. The molecule has 1 atom stereocenters. The fourth-order valence-corrected chi connectivity index (χ4v) is 0.910. The summed E-state index contributed by atoms with van der Waals surface area (Å²) in [6.45, 7) is 2.38. The lowest BCUT2D eigenvalue weighted by atomic mass is 10.1. The van der Waals surface area contributed by atoms with E-state index < -0.39 is 6.36 Å². The van der Waals surface area contributed by atoms with Crippen molar-refractivity contribution in [3.05, 3.63) is 0 Å². The first-order chi connectivity index (χ1) is 6.45. The van der Waals surface area contributed by atoms with E-state index in [4.69, 9.17) is 5.11 Å². The Kier molecular flexibility index (Phi) is 6.86. The lowest BCUT2D eigenvalue weighted by Gasteiger charge is -2.11. The van der Waals surface area contributed by atoms with Crippen molar-refractivity contribution in [1.29, 1.82) is 0 Å². The predicted molar refractivity (Wildman–Crippen MR) is 45.7 cm³/mol. The van der Waals surface area contributed by atoms with Gasteiger partial charge in [0.25, 0.3) is 0 Å². The topological polar surface area (TPSA) is 41.5 Å². The van der Waals surface area contributed by atoms with Crippen molar-refractivity contribution in [2.75, 3.05) is 26.3 Å². The number of rotatable bonds is 7. The van der Waals surface area contributed by atoms with Gasteiger partial charge < -0.3 is 10.4 Å². The van der Waals surface area contributed by atoms with Gasteiger partial charge in [-0.2, -0.15) is 0 Å². The van der Waals surface area contributed by atoms with Crippen LogP contribution in [0.15, 0.2) is 0 Å².